The molecule has 1 aromatic carbocycles. The highest BCUT2D eigenvalue weighted by atomic mass is 19.1. The van der Waals surface area contributed by atoms with Gasteiger partial charge >= 0.3 is 0 Å². The van der Waals surface area contributed by atoms with Crippen molar-refractivity contribution >= 4 is 11.8 Å². The molecule has 1 aliphatic heterocycles. The quantitative estimate of drug-likeness (QED) is 0.785. The smallest absolute Gasteiger partial charge is 0.222 e. The second kappa shape index (κ2) is 9.28. The van der Waals surface area contributed by atoms with Crippen LogP contribution in [0.15, 0.2) is 24.3 Å². The first-order valence-corrected chi connectivity index (χ1v) is 8.44. The normalized spacial score (nSPS) is 15.3. The van der Waals surface area contributed by atoms with Gasteiger partial charge in [-0.25, -0.2) is 4.39 Å². The van der Waals surface area contributed by atoms with Crippen LogP contribution in [0, 0.1) is 5.82 Å². The summed E-state index contributed by atoms with van der Waals surface area (Å²) >= 11 is 0. The zero-order valence-electron chi connectivity index (χ0n) is 13.5. The fourth-order valence-corrected chi connectivity index (χ4v) is 2.81. The Morgan fingerprint density at radius 3 is 2.96 bits per heavy atom. The van der Waals surface area contributed by atoms with Crippen LogP contribution >= 0.6 is 0 Å². The van der Waals surface area contributed by atoms with E-state index in [0.717, 1.165) is 37.8 Å². The molecular formula is C18H25FN2O2. The summed E-state index contributed by atoms with van der Waals surface area (Å²) < 4.78 is 13.0. The Balaban J connectivity index is 1.60. The number of halogens is 1. The molecule has 0 atom stereocenters. The molecule has 0 saturated carbocycles. The van der Waals surface area contributed by atoms with Crippen LogP contribution in [-0.4, -0.2) is 36.3 Å². The SMILES string of the molecule is O=C(CCc1cccc(F)c1)NCCCN1CCCCCC1=O. The average molecular weight is 320 g/mol. The first-order chi connectivity index (χ1) is 11.1. The molecule has 126 valence electrons. The molecular weight excluding hydrogens is 295 g/mol. The minimum Gasteiger partial charge on any atom is -0.356 e. The van der Waals surface area contributed by atoms with E-state index in [0.29, 0.717) is 32.4 Å². The molecule has 1 aliphatic rings. The third-order valence-electron chi connectivity index (χ3n) is 4.13. The van der Waals surface area contributed by atoms with E-state index in [1.54, 1.807) is 6.07 Å². The predicted molar refractivity (Wildman–Crippen MR) is 87.4 cm³/mol. The number of benzene rings is 1. The zero-order valence-corrected chi connectivity index (χ0v) is 13.5. The van der Waals surface area contributed by atoms with Gasteiger partial charge in [0, 0.05) is 32.5 Å². The third-order valence-corrected chi connectivity index (χ3v) is 4.13. The maximum absolute atomic E-state index is 13.0. The van der Waals surface area contributed by atoms with Gasteiger partial charge in [-0.1, -0.05) is 18.6 Å². The predicted octanol–water partition coefficient (Wildman–Crippen LogP) is 2.67. The minimum absolute atomic E-state index is 0.0311. The van der Waals surface area contributed by atoms with Crippen molar-refractivity contribution in [2.75, 3.05) is 19.6 Å². The lowest BCUT2D eigenvalue weighted by molar-refractivity contribution is -0.130. The van der Waals surface area contributed by atoms with Crippen molar-refractivity contribution in [2.24, 2.45) is 0 Å². The highest BCUT2D eigenvalue weighted by Crippen LogP contribution is 2.11. The van der Waals surface area contributed by atoms with Crippen LogP contribution < -0.4 is 5.32 Å². The summed E-state index contributed by atoms with van der Waals surface area (Å²) in [6.07, 6.45) is 5.51. The molecule has 1 fully saturated rings. The molecule has 1 N–H and O–H groups in total. The summed E-state index contributed by atoms with van der Waals surface area (Å²) in [4.78, 5) is 25.5. The van der Waals surface area contributed by atoms with Crippen LogP contribution in [0.3, 0.4) is 0 Å². The largest absolute Gasteiger partial charge is 0.356 e. The van der Waals surface area contributed by atoms with E-state index in [9.17, 15) is 14.0 Å². The summed E-state index contributed by atoms with van der Waals surface area (Å²) in [6, 6.07) is 6.33. The van der Waals surface area contributed by atoms with Crippen LogP contribution in [0.25, 0.3) is 0 Å². The third kappa shape index (κ3) is 6.38. The summed E-state index contributed by atoms with van der Waals surface area (Å²) in [7, 11) is 0. The molecule has 0 bridgehead atoms. The Morgan fingerprint density at radius 2 is 2.13 bits per heavy atom. The highest BCUT2D eigenvalue weighted by molar-refractivity contribution is 5.76. The Hall–Kier alpha value is -1.91. The Kier molecular flexibility index (Phi) is 7.04. The maximum atomic E-state index is 13.0. The standard InChI is InChI=1S/C18H25FN2O2/c19-16-7-4-6-15(14-16)9-10-17(22)20-11-5-13-21-12-3-1-2-8-18(21)23/h4,6-7,14H,1-3,5,8-13H2,(H,20,22). The van der Waals surface area contributed by atoms with Crippen LogP contribution in [-0.2, 0) is 16.0 Å². The fourth-order valence-electron chi connectivity index (χ4n) is 2.81. The van der Waals surface area contributed by atoms with Gasteiger partial charge in [0.05, 0.1) is 0 Å². The number of aryl methyl sites for hydroxylation is 1. The number of carbonyl (C=O) groups is 2. The van der Waals surface area contributed by atoms with E-state index in [4.69, 9.17) is 0 Å². The van der Waals surface area contributed by atoms with Gasteiger partial charge in [0.25, 0.3) is 0 Å². The van der Waals surface area contributed by atoms with Crippen LogP contribution in [0.5, 0.6) is 0 Å². The van der Waals surface area contributed by atoms with Gasteiger partial charge in [-0.3, -0.25) is 9.59 Å². The lowest BCUT2D eigenvalue weighted by atomic mass is 10.1. The molecule has 23 heavy (non-hydrogen) atoms. The van der Waals surface area contributed by atoms with E-state index in [2.05, 4.69) is 5.32 Å². The van der Waals surface area contributed by atoms with E-state index in [1.807, 2.05) is 11.0 Å². The summed E-state index contributed by atoms with van der Waals surface area (Å²) in [6.45, 7) is 2.13. The fraction of sp³-hybridized carbons (Fsp3) is 0.556. The molecule has 4 nitrogen and oxygen atoms in total. The topological polar surface area (TPSA) is 49.4 Å². The number of nitrogens with zero attached hydrogens (tertiary/aromatic N) is 1. The molecule has 0 radical (unpaired) electrons. The molecule has 0 spiro atoms. The van der Waals surface area contributed by atoms with Gasteiger partial charge in [-0.05, 0) is 43.4 Å². The van der Waals surface area contributed by atoms with Crippen molar-refractivity contribution in [3.63, 3.8) is 0 Å². The van der Waals surface area contributed by atoms with Gasteiger partial charge in [0.15, 0.2) is 0 Å². The van der Waals surface area contributed by atoms with E-state index < -0.39 is 0 Å². The number of amides is 2. The van der Waals surface area contributed by atoms with Crippen LogP contribution in [0.1, 0.15) is 44.1 Å². The molecule has 2 rings (SSSR count). The molecule has 1 heterocycles. The van der Waals surface area contributed by atoms with E-state index in [1.165, 1.54) is 12.1 Å². The average Bonchev–Trinajstić information content (AvgIpc) is 2.74. The van der Waals surface area contributed by atoms with Gasteiger partial charge in [0.2, 0.25) is 11.8 Å². The lowest BCUT2D eigenvalue weighted by Gasteiger charge is -2.20. The monoisotopic (exact) mass is 320 g/mol. The van der Waals surface area contributed by atoms with Crippen molar-refractivity contribution in [3.05, 3.63) is 35.6 Å². The van der Waals surface area contributed by atoms with Gasteiger partial charge in [0.1, 0.15) is 5.82 Å². The first kappa shape index (κ1) is 17.4. The Morgan fingerprint density at radius 1 is 1.26 bits per heavy atom. The van der Waals surface area contributed by atoms with Gasteiger partial charge < -0.3 is 10.2 Å². The number of likely N-dealkylation sites (tertiary alicyclic amines) is 1. The minimum atomic E-state index is -0.273. The molecule has 0 aromatic heterocycles. The van der Waals surface area contributed by atoms with Gasteiger partial charge in [-0.2, -0.15) is 0 Å². The number of rotatable bonds is 7. The molecule has 1 saturated heterocycles. The number of hydrogen-bond acceptors (Lipinski definition) is 2. The first-order valence-electron chi connectivity index (χ1n) is 8.44. The molecule has 0 unspecified atom stereocenters. The summed E-state index contributed by atoms with van der Waals surface area (Å²) in [5, 5.41) is 2.87. The van der Waals surface area contributed by atoms with E-state index >= 15 is 0 Å². The number of nitrogens with one attached hydrogen (secondary N) is 1. The molecule has 2 amide bonds. The highest BCUT2D eigenvalue weighted by Gasteiger charge is 2.15. The maximum Gasteiger partial charge on any atom is 0.222 e. The zero-order chi connectivity index (χ0) is 16.5. The van der Waals surface area contributed by atoms with Crippen molar-refractivity contribution < 1.29 is 14.0 Å². The molecule has 5 heteroatoms. The van der Waals surface area contributed by atoms with Gasteiger partial charge in [-0.15, -0.1) is 0 Å². The Labute approximate surface area is 137 Å². The van der Waals surface area contributed by atoms with Crippen molar-refractivity contribution in [2.45, 2.75) is 44.9 Å². The summed E-state index contributed by atoms with van der Waals surface area (Å²) in [5.74, 6) is -0.0681. The second-order valence-corrected chi connectivity index (χ2v) is 6.02. The second-order valence-electron chi connectivity index (χ2n) is 6.02. The van der Waals surface area contributed by atoms with Crippen LogP contribution in [0.4, 0.5) is 4.39 Å². The molecule has 0 aliphatic carbocycles. The number of hydrogen-bond donors (Lipinski definition) is 1. The molecule has 1 aromatic rings. The lowest BCUT2D eigenvalue weighted by Crippen LogP contribution is -2.34. The Bertz CT molecular complexity index is 534. The van der Waals surface area contributed by atoms with Crippen LogP contribution in [0.2, 0.25) is 0 Å². The van der Waals surface area contributed by atoms with E-state index in [-0.39, 0.29) is 17.6 Å². The van der Waals surface area contributed by atoms with Crippen molar-refractivity contribution in [1.29, 1.82) is 0 Å². The summed E-state index contributed by atoms with van der Waals surface area (Å²) in [5.41, 5.74) is 0.829. The van der Waals surface area contributed by atoms with Crippen molar-refractivity contribution in [3.8, 4) is 0 Å². The van der Waals surface area contributed by atoms with Crippen molar-refractivity contribution in [1.82, 2.24) is 10.2 Å². The number of carbonyl (C=O) groups excluding carboxylic acids is 2.